The monoisotopic (exact) mass is 336 g/mol. The molecular weight excluding hydrogens is 308 g/mol. The highest BCUT2D eigenvalue weighted by Crippen LogP contribution is 2.22. The summed E-state index contributed by atoms with van der Waals surface area (Å²) in [6, 6.07) is 0. The largest absolute Gasteiger partial charge is 0.356 e. The van der Waals surface area contributed by atoms with Crippen molar-refractivity contribution in [3.8, 4) is 0 Å². The molecule has 7 heteroatoms. The highest BCUT2D eigenvalue weighted by Gasteiger charge is 2.24. The Kier molecular flexibility index (Phi) is 5.46. The van der Waals surface area contributed by atoms with Crippen LogP contribution in [0.5, 0.6) is 0 Å². The van der Waals surface area contributed by atoms with Crippen molar-refractivity contribution in [1.82, 2.24) is 25.0 Å². The van der Waals surface area contributed by atoms with Crippen LogP contribution < -0.4 is 5.32 Å². The van der Waals surface area contributed by atoms with Crippen LogP contribution in [-0.2, 0) is 13.0 Å². The molecule has 3 rings (SSSR count). The van der Waals surface area contributed by atoms with Crippen LogP contribution >= 0.6 is 11.8 Å². The normalized spacial score (nSPS) is 25.3. The molecule has 0 bridgehead atoms. The van der Waals surface area contributed by atoms with Crippen LogP contribution in [0.2, 0.25) is 0 Å². The van der Waals surface area contributed by atoms with Crippen LogP contribution in [0.1, 0.15) is 31.4 Å². The third-order valence-electron chi connectivity index (χ3n) is 4.88. The van der Waals surface area contributed by atoms with Gasteiger partial charge in [0.1, 0.15) is 11.6 Å². The zero-order valence-electron chi connectivity index (χ0n) is 14.5. The van der Waals surface area contributed by atoms with Gasteiger partial charge >= 0.3 is 0 Å². The van der Waals surface area contributed by atoms with E-state index in [0.29, 0.717) is 5.92 Å². The second kappa shape index (κ2) is 7.55. The van der Waals surface area contributed by atoms with Crippen LogP contribution in [0.25, 0.3) is 0 Å². The van der Waals surface area contributed by atoms with Gasteiger partial charge in [0.2, 0.25) is 0 Å². The molecule has 3 heterocycles. The fourth-order valence-corrected chi connectivity index (χ4v) is 4.60. The van der Waals surface area contributed by atoms with E-state index >= 15 is 0 Å². The van der Waals surface area contributed by atoms with Gasteiger partial charge in [0.05, 0.1) is 0 Å². The number of aryl methyl sites for hydroxylation is 2. The van der Waals surface area contributed by atoms with E-state index in [4.69, 9.17) is 0 Å². The summed E-state index contributed by atoms with van der Waals surface area (Å²) in [5.74, 6) is 5.06. The highest BCUT2D eigenvalue weighted by atomic mass is 32.2. The number of nitrogens with one attached hydrogen (secondary N) is 1. The Bertz CT molecular complexity index is 555. The summed E-state index contributed by atoms with van der Waals surface area (Å²) < 4.78 is 2.27. The van der Waals surface area contributed by atoms with Gasteiger partial charge in [-0.15, -0.1) is 10.2 Å². The van der Waals surface area contributed by atoms with E-state index < -0.39 is 0 Å². The molecule has 128 valence electrons. The maximum atomic E-state index is 4.51. The Morgan fingerprint density at radius 3 is 3.04 bits per heavy atom. The van der Waals surface area contributed by atoms with Gasteiger partial charge in [-0.3, -0.25) is 4.99 Å². The lowest BCUT2D eigenvalue weighted by atomic mass is 9.99. The average molecular weight is 337 g/mol. The van der Waals surface area contributed by atoms with Crippen molar-refractivity contribution in [2.45, 2.75) is 44.9 Å². The minimum Gasteiger partial charge on any atom is -0.356 e. The van der Waals surface area contributed by atoms with E-state index in [9.17, 15) is 0 Å². The summed E-state index contributed by atoms with van der Waals surface area (Å²) >= 11 is 2.09. The van der Waals surface area contributed by atoms with E-state index in [2.05, 4.69) is 48.7 Å². The van der Waals surface area contributed by atoms with Gasteiger partial charge in [-0.2, -0.15) is 11.8 Å². The number of hydrogen-bond donors (Lipinski definition) is 1. The Morgan fingerprint density at radius 2 is 2.26 bits per heavy atom. The SMILES string of the molecule is CCC1CN(C(=NC)NCC2CCc3nnc(C)n3C2)CCS1. The van der Waals surface area contributed by atoms with Crippen molar-refractivity contribution in [2.24, 2.45) is 10.9 Å². The smallest absolute Gasteiger partial charge is 0.193 e. The number of rotatable bonds is 3. The predicted octanol–water partition coefficient (Wildman–Crippen LogP) is 1.55. The number of nitrogens with zero attached hydrogens (tertiary/aromatic N) is 5. The standard InChI is InChI=1S/C16H28N6S/c1-4-14-11-21(7-8-23-14)16(17-3)18-9-13-5-6-15-20-19-12(2)22(15)10-13/h13-14H,4-11H2,1-3H3,(H,17,18). The quantitative estimate of drug-likeness (QED) is 0.670. The van der Waals surface area contributed by atoms with Gasteiger partial charge in [0.25, 0.3) is 0 Å². The third-order valence-corrected chi connectivity index (χ3v) is 6.26. The molecule has 0 aromatic carbocycles. The number of thioether (sulfide) groups is 1. The van der Waals surface area contributed by atoms with Crippen molar-refractivity contribution in [3.05, 3.63) is 11.6 Å². The molecule has 0 spiro atoms. The molecule has 1 N–H and O–H groups in total. The highest BCUT2D eigenvalue weighted by molar-refractivity contribution is 8.00. The average Bonchev–Trinajstić information content (AvgIpc) is 2.96. The van der Waals surface area contributed by atoms with Gasteiger partial charge in [0, 0.05) is 50.7 Å². The molecule has 0 saturated carbocycles. The van der Waals surface area contributed by atoms with E-state index in [0.717, 1.165) is 55.5 Å². The molecule has 1 fully saturated rings. The van der Waals surface area contributed by atoms with Crippen LogP contribution in [0, 0.1) is 12.8 Å². The number of guanidine groups is 1. The van der Waals surface area contributed by atoms with Crippen molar-refractivity contribution in [2.75, 3.05) is 32.4 Å². The zero-order chi connectivity index (χ0) is 16.2. The molecule has 2 aliphatic heterocycles. The first kappa shape index (κ1) is 16.6. The van der Waals surface area contributed by atoms with E-state index in [1.165, 1.54) is 18.6 Å². The van der Waals surface area contributed by atoms with Crippen molar-refractivity contribution < 1.29 is 0 Å². The van der Waals surface area contributed by atoms with Gasteiger partial charge in [-0.05, 0) is 25.7 Å². The van der Waals surface area contributed by atoms with Crippen molar-refractivity contribution in [3.63, 3.8) is 0 Å². The lowest BCUT2D eigenvalue weighted by Crippen LogP contribution is -2.49. The van der Waals surface area contributed by atoms with Gasteiger partial charge < -0.3 is 14.8 Å². The Hall–Kier alpha value is -1.24. The summed E-state index contributed by atoms with van der Waals surface area (Å²) in [4.78, 5) is 6.93. The zero-order valence-corrected chi connectivity index (χ0v) is 15.3. The molecule has 2 aliphatic rings. The first-order chi connectivity index (χ1) is 11.2. The molecule has 1 aromatic rings. The predicted molar refractivity (Wildman–Crippen MR) is 96.0 cm³/mol. The molecule has 1 aromatic heterocycles. The summed E-state index contributed by atoms with van der Waals surface area (Å²) in [5.41, 5.74) is 0. The molecule has 0 radical (unpaired) electrons. The Morgan fingerprint density at radius 1 is 1.39 bits per heavy atom. The number of hydrogen-bond acceptors (Lipinski definition) is 4. The Labute approximate surface area is 143 Å². The maximum absolute atomic E-state index is 4.51. The number of aliphatic imine (C=N–C) groups is 1. The van der Waals surface area contributed by atoms with E-state index in [1.807, 2.05) is 14.0 Å². The lowest BCUT2D eigenvalue weighted by Gasteiger charge is -2.35. The molecule has 1 saturated heterocycles. The van der Waals surface area contributed by atoms with Crippen LogP contribution in [0.15, 0.2) is 4.99 Å². The minimum absolute atomic E-state index is 0.620. The Balaban J connectivity index is 1.54. The van der Waals surface area contributed by atoms with Crippen LogP contribution in [-0.4, -0.2) is 63.3 Å². The fourth-order valence-electron chi connectivity index (χ4n) is 3.42. The lowest BCUT2D eigenvalue weighted by molar-refractivity contribution is 0.347. The second-order valence-corrected chi connectivity index (χ2v) is 7.86. The first-order valence-electron chi connectivity index (χ1n) is 8.67. The first-order valence-corrected chi connectivity index (χ1v) is 9.72. The van der Waals surface area contributed by atoms with Gasteiger partial charge in [-0.25, -0.2) is 0 Å². The molecule has 2 atom stereocenters. The van der Waals surface area contributed by atoms with E-state index in [1.54, 1.807) is 0 Å². The van der Waals surface area contributed by atoms with E-state index in [-0.39, 0.29) is 0 Å². The minimum atomic E-state index is 0.620. The molecule has 0 amide bonds. The topological polar surface area (TPSA) is 58.3 Å². The van der Waals surface area contributed by atoms with Crippen LogP contribution in [0.3, 0.4) is 0 Å². The molecule has 6 nitrogen and oxygen atoms in total. The molecule has 23 heavy (non-hydrogen) atoms. The summed E-state index contributed by atoms with van der Waals surface area (Å²) in [5, 5.41) is 12.8. The van der Waals surface area contributed by atoms with Crippen LogP contribution in [0.4, 0.5) is 0 Å². The summed E-state index contributed by atoms with van der Waals surface area (Å²) in [6.07, 6.45) is 3.44. The summed E-state index contributed by atoms with van der Waals surface area (Å²) in [6.45, 7) is 8.52. The summed E-state index contributed by atoms with van der Waals surface area (Å²) in [7, 11) is 1.90. The van der Waals surface area contributed by atoms with Gasteiger partial charge in [0.15, 0.2) is 5.96 Å². The fraction of sp³-hybridized carbons (Fsp3) is 0.812. The van der Waals surface area contributed by atoms with Crippen molar-refractivity contribution >= 4 is 17.7 Å². The van der Waals surface area contributed by atoms with Crippen molar-refractivity contribution in [1.29, 1.82) is 0 Å². The molecular formula is C16H28N6S. The number of fused-ring (bicyclic) bond motifs is 1. The second-order valence-electron chi connectivity index (χ2n) is 6.45. The maximum Gasteiger partial charge on any atom is 0.193 e. The molecule has 0 aliphatic carbocycles. The third kappa shape index (κ3) is 3.82. The number of aromatic nitrogens is 3. The van der Waals surface area contributed by atoms with Gasteiger partial charge in [-0.1, -0.05) is 6.92 Å². The molecule has 2 unspecified atom stereocenters.